The number of rotatable bonds is 16. The van der Waals surface area contributed by atoms with Crippen molar-refractivity contribution >= 4 is 23.2 Å². The third-order valence-corrected chi connectivity index (χ3v) is 7.16. The summed E-state index contributed by atoms with van der Waals surface area (Å²) in [5.74, 6) is -0.168. The van der Waals surface area contributed by atoms with Gasteiger partial charge in [0.1, 0.15) is 6.54 Å². The lowest BCUT2D eigenvalue weighted by molar-refractivity contribution is -0.133. The fourth-order valence-electron chi connectivity index (χ4n) is 4.22. The van der Waals surface area contributed by atoms with Crippen LogP contribution in [0.2, 0.25) is 0 Å². The molecule has 0 aliphatic rings. The molecular weight excluding hydrogens is 480 g/mol. The monoisotopic (exact) mass is 520 g/mol. The zero-order valence-corrected chi connectivity index (χ0v) is 23.1. The van der Waals surface area contributed by atoms with Crippen LogP contribution in [-0.4, -0.2) is 47.9 Å². The first-order valence-corrected chi connectivity index (χ1v) is 14.3. The van der Waals surface area contributed by atoms with E-state index in [-0.39, 0.29) is 18.4 Å². The minimum Gasteiger partial charge on any atom is -0.382 e. The molecule has 0 spiro atoms. The Morgan fingerprint density at radius 2 is 1.59 bits per heavy atom. The van der Waals surface area contributed by atoms with E-state index in [9.17, 15) is 9.59 Å². The molecule has 1 aromatic heterocycles. The number of unbranched alkanes of at least 4 members (excludes halogenated alkanes) is 2. The second kappa shape index (κ2) is 16.0. The van der Waals surface area contributed by atoms with Gasteiger partial charge in [-0.2, -0.15) is 0 Å². The molecule has 0 atom stereocenters. The normalized spacial score (nSPS) is 10.9. The highest BCUT2D eigenvalue weighted by atomic mass is 32.1. The summed E-state index contributed by atoms with van der Waals surface area (Å²) in [6.07, 6.45) is 5.27. The molecule has 1 heterocycles. The lowest BCUT2D eigenvalue weighted by Gasteiger charge is -2.28. The van der Waals surface area contributed by atoms with Gasteiger partial charge in [-0.25, -0.2) is 0 Å². The van der Waals surface area contributed by atoms with E-state index >= 15 is 0 Å². The second-order valence-corrected chi connectivity index (χ2v) is 10.3. The van der Waals surface area contributed by atoms with Crippen molar-refractivity contribution in [1.82, 2.24) is 9.80 Å². The van der Waals surface area contributed by atoms with Crippen LogP contribution in [0.25, 0.3) is 0 Å². The van der Waals surface area contributed by atoms with E-state index in [1.807, 2.05) is 83.9 Å². The number of carbonyl (C=O) groups is 2. The number of benzene rings is 2. The van der Waals surface area contributed by atoms with E-state index in [0.29, 0.717) is 44.8 Å². The Kier molecular flexibility index (Phi) is 12.4. The van der Waals surface area contributed by atoms with Crippen LogP contribution >= 0.6 is 11.3 Å². The van der Waals surface area contributed by atoms with Gasteiger partial charge in [-0.05, 0) is 60.9 Å². The number of ether oxygens (including phenoxy) is 1. The maximum absolute atomic E-state index is 13.6. The smallest absolute Gasteiger partial charge is 0.254 e. The van der Waals surface area contributed by atoms with Gasteiger partial charge in [0.15, 0.2) is 0 Å². The van der Waals surface area contributed by atoms with Gasteiger partial charge in [-0.1, -0.05) is 68.3 Å². The summed E-state index contributed by atoms with van der Waals surface area (Å²) in [5, 5.41) is 2.02. The first-order valence-electron chi connectivity index (χ1n) is 13.4. The van der Waals surface area contributed by atoms with E-state index in [1.165, 1.54) is 18.4 Å². The van der Waals surface area contributed by atoms with Gasteiger partial charge in [0.25, 0.3) is 5.91 Å². The number of aryl methyl sites for hydroxylation is 1. The predicted octanol–water partition coefficient (Wildman–Crippen LogP) is 6.58. The quantitative estimate of drug-likeness (QED) is 0.201. The molecule has 5 nitrogen and oxygen atoms in total. The molecule has 0 radical (unpaired) electrons. The van der Waals surface area contributed by atoms with Gasteiger partial charge >= 0.3 is 0 Å². The minimum absolute atomic E-state index is 0.0431. The van der Waals surface area contributed by atoms with Crippen molar-refractivity contribution in [2.75, 3.05) is 26.3 Å². The molecule has 37 heavy (non-hydrogen) atoms. The fraction of sp³-hybridized carbons (Fsp3) is 0.419. The summed E-state index contributed by atoms with van der Waals surface area (Å²) in [6.45, 7) is 6.91. The van der Waals surface area contributed by atoms with Gasteiger partial charge in [0.2, 0.25) is 5.91 Å². The molecule has 0 saturated heterocycles. The molecular formula is C31H40N2O3S. The number of thiophene rings is 1. The molecule has 0 aliphatic heterocycles. The lowest BCUT2D eigenvalue weighted by atomic mass is 10.0. The highest BCUT2D eigenvalue weighted by Gasteiger charge is 2.23. The number of amides is 2. The molecule has 0 unspecified atom stereocenters. The Labute approximate surface area is 226 Å². The van der Waals surface area contributed by atoms with Crippen molar-refractivity contribution in [2.45, 2.75) is 59.0 Å². The first kappa shape index (κ1) is 28.6. The van der Waals surface area contributed by atoms with E-state index in [4.69, 9.17) is 4.74 Å². The summed E-state index contributed by atoms with van der Waals surface area (Å²) >= 11 is 1.64. The lowest BCUT2D eigenvalue weighted by Crippen LogP contribution is -2.43. The zero-order valence-electron chi connectivity index (χ0n) is 22.2. The molecule has 2 aromatic carbocycles. The maximum atomic E-state index is 13.6. The predicted molar refractivity (Wildman–Crippen MR) is 152 cm³/mol. The largest absolute Gasteiger partial charge is 0.382 e. The fourth-order valence-corrected chi connectivity index (χ4v) is 4.94. The molecule has 0 bridgehead atoms. The molecule has 0 N–H and O–H groups in total. The summed E-state index contributed by atoms with van der Waals surface area (Å²) in [5.41, 5.74) is 2.94. The Morgan fingerprint density at radius 1 is 0.811 bits per heavy atom. The number of hydrogen-bond donors (Lipinski definition) is 0. The zero-order chi connectivity index (χ0) is 26.3. The van der Waals surface area contributed by atoms with Crippen molar-refractivity contribution in [2.24, 2.45) is 0 Å². The van der Waals surface area contributed by atoms with Crippen molar-refractivity contribution in [3.05, 3.63) is 93.7 Å². The van der Waals surface area contributed by atoms with Crippen LogP contribution in [-0.2, 0) is 29.0 Å². The van der Waals surface area contributed by atoms with Crippen LogP contribution < -0.4 is 0 Å². The highest BCUT2D eigenvalue weighted by Crippen LogP contribution is 2.17. The van der Waals surface area contributed by atoms with E-state index < -0.39 is 0 Å². The molecule has 0 saturated carbocycles. The molecule has 6 heteroatoms. The summed E-state index contributed by atoms with van der Waals surface area (Å²) in [7, 11) is 0. The SMILES string of the molecule is CCCCCc1ccc(C(=O)N(CCCOCC)CC(=O)N(Cc2ccccc2)Cc2cccs2)cc1. The Balaban J connectivity index is 1.73. The van der Waals surface area contributed by atoms with Crippen molar-refractivity contribution in [1.29, 1.82) is 0 Å². The van der Waals surface area contributed by atoms with Crippen LogP contribution in [0.1, 0.15) is 65.9 Å². The Morgan fingerprint density at radius 3 is 2.27 bits per heavy atom. The summed E-state index contributed by atoms with van der Waals surface area (Å²) in [4.78, 5) is 31.8. The van der Waals surface area contributed by atoms with Gasteiger partial charge in [0.05, 0.1) is 6.54 Å². The second-order valence-electron chi connectivity index (χ2n) is 9.25. The van der Waals surface area contributed by atoms with Gasteiger partial charge in [-0.3, -0.25) is 9.59 Å². The average Bonchev–Trinajstić information content (AvgIpc) is 3.44. The third kappa shape index (κ3) is 9.78. The Bertz CT molecular complexity index is 1050. The van der Waals surface area contributed by atoms with Crippen molar-refractivity contribution in [3.8, 4) is 0 Å². The van der Waals surface area contributed by atoms with Crippen molar-refractivity contribution in [3.63, 3.8) is 0 Å². The van der Waals surface area contributed by atoms with Gasteiger partial charge in [0, 0.05) is 36.7 Å². The van der Waals surface area contributed by atoms with E-state index in [1.54, 1.807) is 16.2 Å². The summed E-state index contributed by atoms with van der Waals surface area (Å²) < 4.78 is 5.50. The van der Waals surface area contributed by atoms with Crippen LogP contribution in [0.15, 0.2) is 72.1 Å². The first-order chi connectivity index (χ1) is 18.1. The number of nitrogens with zero attached hydrogens (tertiary/aromatic N) is 2. The molecule has 198 valence electrons. The van der Waals surface area contributed by atoms with Gasteiger partial charge < -0.3 is 14.5 Å². The highest BCUT2D eigenvalue weighted by molar-refractivity contribution is 7.09. The van der Waals surface area contributed by atoms with Crippen molar-refractivity contribution < 1.29 is 14.3 Å². The van der Waals surface area contributed by atoms with Gasteiger partial charge in [-0.15, -0.1) is 11.3 Å². The van der Waals surface area contributed by atoms with Crippen LogP contribution in [0, 0.1) is 0 Å². The molecule has 2 amide bonds. The minimum atomic E-state index is -0.110. The molecule has 0 aliphatic carbocycles. The average molecular weight is 521 g/mol. The standard InChI is InChI=1S/C31H40N2O3S/c1-3-5-7-12-26-16-18-28(19-17-26)31(35)32(20-11-21-36-4-2)25-30(34)33(24-29-15-10-22-37-29)23-27-13-8-6-9-14-27/h6,8-10,13-19,22H,3-5,7,11-12,20-21,23-25H2,1-2H3. The topological polar surface area (TPSA) is 49.9 Å². The maximum Gasteiger partial charge on any atom is 0.254 e. The summed E-state index contributed by atoms with van der Waals surface area (Å²) in [6, 6.07) is 21.9. The van der Waals surface area contributed by atoms with E-state index in [0.717, 1.165) is 23.3 Å². The third-order valence-electron chi connectivity index (χ3n) is 6.30. The molecule has 3 rings (SSSR count). The van der Waals surface area contributed by atoms with Crippen LogP contribution in [0.3, 0.4) is 0 Å². The van der Waals surface area contributed by atoms with Crippen LogP contribution in [0.5, 0.6) is 0 Å². The van der Waals surface area contributed by atoms with Crippen LogP contribution in [0.4, 0.5) is 0 Å². The van der Waals surface area contributed by atoms with E-state index in [2.05, 4.69) is 6.92 Å². The molecule has 3 aromatic rings. The Hall–Kier alpha value is -2.96. The number of carbonyl (C=O) groups excluding carboxylic acids is 2. The number of hydrogen-bond acceptors (Lipinski definition) is 4. The molecule has 0 fully saturated rings.